The molecule has 0 atom stereocenters. The van der Waals surface area contributed by atoms with E-state index in [1.807, 2.05) is 32.0 Å². The molecule has 3 aromatic rings. The van der Waals surface area contributed by atoms with Crippen LogP contribution in [0.2, 0.25) is 0 Å². The minimum Gasteiger partial charge on any atom is -0.277 e. The lowest BCUT2D eigenvalue weighted by molar-refractivity contribution is 0.724. The fourth-order valence-corrected chi connectivity index (χ4v) is 3.54. The van der Waals surface area contributed by atoms with Crippen LogP contribution >= 0.6 is 0 Å². The van der Waals surface area contributed by atoms with Crippen molar-refractivity contribution in [3.8, 4) is 0 Å². The summed E-state index contributed by atoms with van der Waals surface area (Å²) in [6.45, 7) is 4.44. The lowest BCUT2D eigenvalue weighted by Gasteiger charge is -2.11. The van der Waals surface area contributed by atoms with E-state index in [-0.39, 0.29) is 5.56 Å². The Kier molecular flexibility index (Phi) is 4.29. The Labute approximate surface area is 152 Å². The number of hydrogen-bond donors (Lipinski definition) is 1. The topological polar surface area (TPSA) is 59.3 Å². The number of para-hydroxylation sites is 1. The zero-order chi connectivity index (χ0) is 18.1. The molecule has 132 valence electrons. The van der Waals surface area contributed by atoms with Crippen LogP contribution in [0.25, 0.3) is 10.9 Å². The van der Waals surface area contributed by atoms with Crippen LogP contribution in [0.5, 0.6) is 0 Å². The highest BCUT2D eigenvalue weighted by Gasteiger charge is 2.12. The van der Waals surface area contributed by atoms with Crippen LogP contribution in [0, 0.1) is 0 Å². The number of nitrogens with one attached hydrogen (secondary N) is 1. The lowest BCUT2D eigenvalue weighted by Crippen LogP contribution is -2.23. The van der Waals surface area contributed by atoms with Gasteiger partial charge in [-0.15, -0.1) is 0 Å². The number of benzene rings is 2. The van der Waals surface area contributed by atoms with Crippen molar-refractivity contribution in [1.29, 1.82) is 0 Å². The van der Waals surface area contributed by atoms with Crippen LogP contribution in [0.1, 0.15) is 37.0 Å². The van der Waals surface area contributed by atoms with Gasteiger partial charge in [0, 0.05) is 6.54 Å². The number of nitrogens with zero attached hydrogens (tertiary/aromatic N) is 3. The van der Waals surface area contributed by atoms with E-state index in [0.717, 1.165) is 17.7 Å². The molecule has 0 fully saturated rings. The number of hydrogen-bond acceptors (Lipinski definition) is 4. The second-order valence-corrected chi connectivity index (χ2v) is 6.65. The van der Waals surface area contributed by atoms with Gasteiger partial charge in [-0.1, -0.05) is 24.3 Å². The van der Waals surface area contributed by atoms with Crippen molar-refractivity contribution in [2.75, 3.05) is 5.43 Å². The molecule has 26 heavy (non-hydrogen) atoms. The van der Waals surface area contributed by atoms with Crippen LogP contribution in [0.15, 0.2) is 52.4 Å². The van der Waals surface area contributed by atoms with Crippen molar-refractivity contribution >= 4 is 22.6 Å². The van der Waals surface area contributed by atoms with E-state index >= 15 is 0 Å². The van der Waals surface area contributed by atoms with Gasteiger partial charge in [0.25, 0.3) is 5.56 Å². The quantitative estimate of drug-likeness (QED) is 0.578. The Morgan fingerprint density at radius 3 is 2.85 bits per heavy atom. The average molecular weight is 346 g/mol. The van der Waals surface area contributed by atoms with Crippen molar-refractivity contribution in [3.63, 3.8) is 0 Å². The third-order valence-corrected chi connectivity index (χ3v) is 5.02. The minimum absolute atomic E-state index is 0.0500. The van der Waals surface area contributed by atoms with Crippen LogP contribution in [-0.4, -0.2) is 15.3 Å². The van der Waals surface area contributed by atoms with Gasteiger partial charge >= 0.3 is 0 Å². The van der Waals surface area contributed by atoms with Crippen molar-refractivity contribution in [3.05, 3.63) is 69.5 Å². The molecule has 1 aliphatic rings. The molecule has 0 bridgehead atoms. The summed E-state index contributed by atoms with van der Waals surface area (Å²) in [6.07, 6.45) is 3.55. The first-order valence-corrected chi connectivity index (χ1v) is 9.09. The first-order valence-electron chi connectivity index (χ1n) is 9.09. The molecule has 0 spiro atoms. The molecule has 0 saturated carbocycles. The number of hydrazone groups is 1. The SMILES string of the molecule is CCn1c(N/N=C(/C)c2ccc3c(c2)CCC3)nc2ccccc2c1=O. The molecule has 1 aliphatic carbocycles. The lowest BCUT2D eigenvalue weighted by atomic mass is 10.0. The maximum Gasteiger partial charge on any atom is 0.262 e. The molecule has 1 aromatic heterocycles. The number of fused-ring (bicyclic) bond motifs is 2. The highest BCUT2D eigenvalue weighted by molar-refractivity contribution is 5.99. The normalized spacial score (nSPS) is 13.8. The second kappa shape index (κ2) is 6.75. The Morgan fingerprint density at radius 2 is 2.00 bits per heavy atom. The van der Waals surface area contributed by atoms with Crippen LogP contribution in [-0.2, 0) is 19.4 Å². The molecule has 0 radical (unpaired) electrons. The molecular formula is C21H22N4O. The van der Waals surface area contributed by atoms with Gasteiger partial charge < -0.3 is 0 Å². The van der Waals surface area contributed by atoms with Crippen molar-refractivity contribution in [2.45, 2.75) is 39.7 Å². The summed E-state index contributed by atoms with van der Waals surface area (Å²) in [5.74, 6) is 0.469. The van der Waals surface area contributed by atoms with Crippen LogP contribution in [0.4, 0.5) is 5.95 Å². The molecule has 0 amide bonds. The smallest absolute Gasteiger partial charge is 0.262 e. The number of aryl methyl sites for hydroxylation is 2. The molecule has 1 N–H and O–H groups in total. The third kappa shape index (κ3) is 2.90. The van der Waals surface area contributed by atoms with Gasteiger partial charge in [-0.05, 0) is 68.0 Å². The maximum absolute atomic E-state index is 12.7. The van der Waals surface area contributed by atoms with Gasteiger partial charge in [0.2, 0.25) is 5.95 Å². The third-order valence-electron chi connectivity index (χ3n) is 5.02. The molecule has 0 unspecified atom stereocenters. The predicted molar refractivity (Wildman–Crippen MR) is 106 cm³/mol. The highest BCUT2D eigenvalue weighted by Crippen LogP contribution is 2.23. The standard InChI is InChI=1S/C21H22N4O/c1-3-25-20(26)18-9-4-5-10-19(18)22-21(25)24-23-14(2)16-12-11-15-7-6-8-17(15)13-16/h4-5,9-13H,3,6-8H2,1-2H3,(H,22,24)/b23-14-. The fraction of sp³-hybridized carbons (Fsp3) is 0.286. The maximum atomic E-state index is 12.7. The Bertz CT molecular complexity index is 1070. The van der Waals surface area contributed by atoms with Crippen LogP contribution < -0.4 is 11.0 Å². The summed E-state index contributed by atoms with van der Waals surface area (Å²) in [6, 6.07) is 13.9. The number of anilines is 1. The number of rotatable bonds is 4. The van der Waals surface area contributed by atoms with Gasteiger partial charge in [-0.3, -0.25) is 9.36 Å². The van der Waals surface area contributed by atoms with Crippen molar-refractivity contribution in [1.82, 2.24) is 9.55 Å². The van der Waals surface area contributed by atoms with Gasteiger partial charge in [0.1, 0.15) is 0 Å². The molecule has 0 saturated heterocycles. The predicted octanol–water partition coefficient (Wildman–Crippen LogP) is 3.74. The second-order valence-electron chi connectivity index (χ2n) is 6.65. The molecule has 2 aromatic carbocycles. The van der Waals surface area contributed by atoms with Gasteiger partial charge in [0.05, 0.1) is 16.6 Å². The van der Waals surface area contributed by atoms with Crippen molar-refractivity contribution in [2.24, 2.45) is 5.10 Å². The summed E-state index contributed by atoms with van der Waals surface area (Å²) < 4.78 is 1.61. The zero-order valence-corrected chi connectivity index (χ0v) is 15.1. The number of aromatic nitrogens is 2. The van der Waals surface area contributed by atoms with E-state index in [9.17, 15) is 4.79 Å². The molecule has 5 heteroatoms. The first-order chi connectivity index (χ1) is 12.7. The zero-order valence-electron chi connectivity index (χ0n) is 15.1. The van der Waals surface area contributed by atoms with E-state index < -0.39 is 0 Å². The molecular weight excluding hydrogens is 324 g/mol. The van der Waals surface area contributed by atoms with Crippen molar-refractivity contribution < 1.29 is 0 Å². The van der Waals surface area contributed by atoms with Crippen LogP contribution in [0.3, 0.4) is 0 Å². The molecule has 1 heterocycles. The Balaban J connectivity index is 1.68. The minimum atomic E-state index is -0.0500. The summed E-state index contributed by atoms with van der Waals surface area (Å²) in [5, 5.41) is 5.12. The largest absolute Gasteiger partial charge is 0.277 e. The summed E-state index contributed by atoms with van der Waals surface area (Å²) in [7, 11) is 0. The molecule has 4 rings (SSSR count). The molecule has 0 aliphatic heterocycles. The average Bonchev–Trinajstić information content (AvgIpc) is 3.14. The fourth-order valence-electron chi connectivity index (χ4n) is 3.54. The summed E-state index contributed by atoms with van der Waals surface area (Å²) >= 11 is 0. The Morgan fingerprint density at radius 1 is 1.19 bits per heavy atom. The first kappa shape index (κ1) is 16.5. The van der Waals surface area contributed by atoms with E-state index in [2.05, 4.69) is 33.7 Å². The van der Waals surface area contributed by atoms with E-state index in [1.165, 1.54) is 24.0 Å². The van der Waals surface area contributed by atoms with E-state index in [0.29, 0.717) is 23.4 Å². The summed E-state index contributed by atoms with van der Waals surface area (Å²) in [4.78, 5) is 17.2. The monoisotopic (exact) mass is 346 g/mol. The van der Waals surface area contributed by atoms with E-state index in [1.54, 1.807) is 10.6 Å². The van der Waals surface area contributed by atoms with Gasteiger partial charge in [-0.2, -0.15) is 5.10 Å². The highest BCUT2D eigenvalue weighted by atomic mass is 16.1. The summed E-state index contributed by atoms with van der Waals surface area (Å²) in [5.41, 5.74) is 8.48. The van der Waals surface area contributed by atoms with Gasteiger partial charge in [-0.25, -0.2) is 10.4 Å². The molecule has 5 nitrogen and oxygen atoms in total. The Hall–Kier alpha value is -2.95. The van der Waals surface area contributed by atoms with Gasteiger partial charge in [0.15, 0.2) is 0 Å². The van der Waals surface area contributed by atoms with E-state index in [4.69, 9.17) is 0 Å².